The Kier molecular flexibility index (Phi) is 6.16. The minimum Gasteiger partial charge on any atom is -0.466 e. The molecule has 2 rings (SSSR count). The fourth-order valence-corrected chi connectivity index (χ4v) is 2.48. The third-order valence-electron chi connectivity index (χ3n) is 3.69. The van der Waals surface area contributed by atoms with Crippen molar-refractivity contribution in [2.45, 2.75) is 26.4 Å². The first-order chi connectivity index (χ1) is 10.7. The van der Waals surface area contributed by atoms with Gasteiger partial charge in [0.15, 0.2) is 0 Å². The Hall–Kier alpha value is -2.13. The van der Waals surface area contributed by atoms with Crippen molar-refractivity contribution in [3.63, 3.8) is 0 Å². The summed E-state index contributed by atoms with van der Waals surface area (Å²) >= 11 is 0. The van der Waals surface area contributed by atoms with Crippen LogP contribution in [0.1, 0.15) is 31.0 Å². The zero-order valence-electron chi connectivity index (χ0n) is 13.2. The van der Waals surface area contributed by atoms with E-state index in [9.17, 15) is 4.79 Å². The van der Waals surface area contributed by atoms with Crippen LogP contribution in [-0.2, 0) is 16.1 Å². The van der Waals surface area contributed by atoms with Crippen molar-refractivity contribution in [1.29, 1.82) is 0 Å². The fraction of sp³-hybridized carbons (Fsp3) is 0.316. The molecule has 0 bridgehead atoms. The molecule has 0 aliphatic rings. The first-order valence-corrected chi connectivity index (χ1v) is 7.71. The number of carbonyl (C=O) groups excluding carboxylic acids is 1. The van der Waals surface area contributed by atoms with Gasteiger partial charge in [0, 0.05) is 12.6 Å². The molecule has 0 aromatic heterocycles. The summed E-state index contributed by atoms with van der Waals surface area (Å²) in [6.07, 6.45) is 0. The average molecular weight is 297 g/mol. The van der Waals surface area contributed by atoms with Crippen molar-refractivity contribution < 1.29 is 9.53 Å². The van der Waals surface area contributed by atoms with Crippen molar-refractivity contribution >= 4 is 5.97 Å². The second kappa shape index (κ2) is 8.35. The molecule has 0 saturated heterocycles. The Balaban J connectivity index is 2.13. The maximum Gasteiger partial charge on any atom is 0.310 e. The molecular weight excluding hydrogens is 274 g/mol. The number of hydrogen-bond donors (Lipinski definition) is 1. The monoisotopic (exact) mass is 297 g/mol. The smallest absolute Gasteiger partial charge is 0.310 e. The molecule has 2 atom stereocenters. The topological polar surface area (TPSA) is 38.3 Å². The lowest BCUT2D eigenvalue weighted by atomic mass is 9.94. The Morgan fingerprint density at radius 1 is 1.05 bits per heavy atom. The van der Waals surface area contributed by atoms with Crippen LogP contribution in [0.5, 0.6) is 0 Å². The molecule has 0 aliphatic carbocycles. The maximum atomic E-state index is 12.1. The van der Waals surface area contributed by atoms with E-state index < -0.39 is 0 Å². The van der Waals surface area contributed by atoms with Crippen LogP contribution in [0.15, 0.2) is 60.7 Å². The first kappa shape index (κ1) is 16.2. The quantitative estimate of drug-likeness (QED) is 0.792. The molecule has 0 amide bonds. The molecule has 3 nitrogen and oxygen atoms in total. The highest BCUT2D eigenvalue weighted by Crippen LogP contribution is 2.23. The van der Waals surface area contributed by atoms with Gasteiger partial charge in [-0.05, 0) is 18.1 Å². The first-order valence-electron chi connectivity index (χ1n) is 7.71. The number of ether oxygens (including phenoxy) is 1. The molecular formula is C19H23NO2. The summed E-state index contributed by atoms with van der Waals surface area (Å²) in [5, 5.41) is 3.49. The predicted octanol–water partition coefficient (Wildman–Crippen LogP) is 3.72. The number of hydrogen-bond acceptors (Lipinski definition) is 3. The lowest BCUT2D eigenvalue weighted by molar-refractivity contribution is -0.148. The van der Waals surface area contributed by atoms with Crippen molar-refractivity contribution in [1.82, 2.24) is 5.32 Å². The third kappa shape index (κ3) is 4.43. The zero-order chi connectivity index (χ0) is 15.8. The van der Waals surface area contributed by atoms with Crippen LogP contribution in [0.25, 0.3) is 0 Å². The predicted molar refractivity (Wildman–Crippen MR) is 88.3 cm³/mol. The van der Waals surface area contributed by atoms with Gasteiger partial charge in [-0.1, -0.05) is 67.6 Å². The number of benzene rings is 2. The van der Waals surface area contributed by atoms with E-state index in [0.717, 1.165) is 5.56 Å². The normalized spacial score (nSPS) is 13.4. The number of rotatable bonds is 7. The lowest BCUT2D eigenvalue weighted by Gasteiger charge is -2.24. The molecule has 116 valence electrons. The minimum atomic E-state index is -0.244. The van der Waals surface area contributed by atoms with Crippen LogP contribution in [-0.4, -0.2) is 12.6 Å². The van der Waals surface area contributed by atoms with Crippen LogP contribution in [0, 0.1) is 5.92 Å². The average Bonchev–Trinajstić information content (AvgIpc) is 2.57. The number of carbonyl (C=O) groups is 1. The van der Waals surface area contributed by atoms with E-state index in [1.165, 1.54) is 5.56 Å². The Labute approximate surface area is 132 Å². The molecule has 2 aromatic rings. The summed E-state index contributed by atoms with van der Waals surface area (Å²) in [4.78, 5) is 12.1. The standard InChI is InChI=1S/C19H23NO2/c1-3-22-19(21)15(2)18(17-12-8-5-9-13-17)20-14-16-10-6-4-7-11-16/h4-13,15,18,20H,3,14H2,1-2H3/t15-,18-/m0/s1. The fourth-order valence-electron chi connectivity index (χ4n) is 2.48. The molecule has 0 fully saturated rings. The van der Waals surface area contributed by atoms with Gasteiger partial charge in [0.1, 0.15) is 0 Å². The number of esters is 1. The van der Waals surface area contributed by atoms with E-state index in [1.54, 1.807) is 0 Å². The molecule has 0 aliphatic heterocycles. The molecule has 22 heavy (non-hydrogen) atoms. The van der Waals surface area contributed by atoms with E-state index in [0.29, 0.717) is 13.2 Å². The van der Waals surface area contributed by atoms with E-state index in [2.05, 4.69) is 17.4 Å². The second-order valence-corrected chi connectivity index (χ2v) is 5.30. The van der Waals surface area contributed by atoms with Crippen LogP contribution in [0.3, 0.4) is 0 Å². The third-order valence-corrected chi connectivity index (χ3v) is 3.69. The van der Waals surface area contributed by atoms with E-state index in [-0.39, 0.29) is 17.9 Å². The van der Waals surface area contributed by atoms with Crippen molar-refractivity contribution in [3.05, 3.63) is 71.8 Å². The molecule has 0 unspecified atom stereocenters. The molecule has 1 N–H and O–H groups in total. The molecule has 0 radical (unpaired) electrons. The largest absolute Gasteiger partial charge is 0.466 e. The van der Waals surface area contributed by atoms with Gasteiger partial charge in [-0.15, -0.1) is 0 Å². The van der Waals surface area contributed by atoms with Crippen LogP contribution < -0.4 is 5.32 Å². The van der Waals surface area contributed by atoms with Crippen LogP contribution in [0.4, 0.5) is 0 Å². The van der Waals surface area contributed by atoms with Crippen LogP contribution >= 0.6 is 0 Å². The highest BCUT2D eigenvalue weighted by atomic mass is 16.5. The van der Waals surface area contributed by atoms with Crippen LogP contribution in [0.2, 0.25) is 0 Å². The molecule has 2 aromatic carbocycles. The van der Waals surface area contributed by atoms with Gasteiger partial charge in [-0.3, -0.25) is 4.79 Å². The van der Waals surface area contributed by atoms with Gasteiger partial charge in [-0.25, -0.2) is 0 Å². The van der Waals surface area contributed by atoms with Gasteiger partial charge >= 0.3 is 5.97 Å². The Morgan fingerprint density at radius 2 is 1.64 bits per heavy atom. The summed E-state index contributed by atoms with van der Waals surface area (Å²) in [5.74, 6) is -0.414. The maximum absolute atomic E-state index is 12.1. The van der Waals surface area contributed by atoms with E-state index >= 15 is 0 Å². The molecule has 0 saturated carbocycles. The lowest BCUT2D eigenvalue weighted by Crippen LogP contribution is -2.32. The van der Waals surface area contributed by atoms with Gasteiger partial charge < -0.3 is 10.1 Å². The Bertz CT molecular complexity index is 569. The number of nitrogens with one attached hydrogen (secondary N) is 1. The van der Waals surface area contributed by atoms with Gasteiger partial charge in [0.25, 0.3) is 0 Å². The minimum absolute atomic E-state index is 0.0690. The summed E-state index contributed by atoms with van der Waals surface area (Å²) < 4.78 is 5.18. The summed E-state index contributed by atoms with van der Waals surface area (Å²) in [6.45, 7) is 4.86. The highest BCUT2D eigenvalue weighted by Gasteiger charge is 2.26. The van der Waals surface area contributed by atoms with Gasteiger partial charge in [0.05, 0.1) is 12.5 Å². The highest BCUT2D eigenvalue weighted by molar-refractivity contribution is 5.73. The van der Waals surface area contributed by atoms with Crippen molar-refractivity contribution in [2.24, 2.45) is 5.92 Å². The van der Waals surface area contributed by atoms with Gasteiger partial charge in [-0.2, -0.15) is 0 Å². The zero-order valence-corrected chi connectivity index (χ0v) is 13.2. The van der Waals surface area contributed by atoms with Crippen molar-refractivity contribution in [3.8, 4) is 0 Å². The van der Waals surface area contributed by atoms with Crippen molar-refractivity contribution in [2.75, 3.05) is 6.61 Å². The second-order valence-electron chi connectivity index (χ2n) is 5.30. The SMILES string of the molecule is CCOC(=O)[C@@H](C)[C@H](NCc1ccccc1)c1ccccc1. The summed E-state index contributed by atoms with van der Waals surface area (Å²) in [5.41, 5.74) is 2.29. The molecule has 0 spiro atoms. The molecule has 0 heterocycles. The molecule has 3 heteroatoms. The van der Waals surface area contributed by atoms with E-state index in [4.69, 9.17) is 4.74 Å². The summed E-state index contributed by atoms with van der Waals surface area (Å²) in [6, 6.07) is 20.2. The Morgan fingerprint density at radius 3 is 2.23 bits per heavy atom. The van der Waals surface area contributed by atoms with Gasteiger partial charge in [0.2, 0.25) is 0 Å². The summed E-state index contributed by atoms with van der Waals surface area (Å²) in [7, 11) is 0. The van der Waals surface area contributed by atoms with E-state index in [1.807, 2.05) is 62.4 Å².